The number of hydrogen-bond donors (Lipinski definition) is 2. The van der Waals surface area contributed by atoms with Gasteiger partial charge in [0.05, 0.1) is 30.0 Å². The van der Waals surface area contributed by atoms with Crippen LogP contribution < -0.4 is 5.32 Å². The Balaban J connectivity index is 1.52. The highest BCUT2D eigenvalue weighted by Crippen LogP contribution is 2.37. The summed E-state index contributed by atoms with van der Waals surface area (Å²) in [5.74, 6) is 0.152. The summed E-state index contributed by atoms with van der Waals surface area (Å²) in [6, 6.07) is 9.49. The van der Waals surface area contributed by atoms with Crippen molar-refractivity contribution in [2.24, 2.45) is 5.92 Å². The average molecular weight is 350 g/mol. The van der Waals surface area contributed by atoms with Crippen molar-refractivity contribution in [1.82, 2.24) is 19.7 Å². The molecule has 134 valence electrons. The summed E-state index contributed by atoms with van der Waals surface area (Å²) < 4.78 is 1.96. The quantitative estimate of drug-likeness (QED) is 0.739. The zero-order valence-electron chi connectivity index (χ0n) is 14.7. The number of carbonyl (C=O) groups excluding carboxylic acids is 1. The van der Waals surface area contributed by atoms with Crippen molar-refractivity contribution in [3.63, 3.8) is 0 Å². The van der Waals surface area contributed by atoms with Crippen LogP contribution in [0.2, 0.25) is 0 Å². The van der Waals surface area contributed by atoms with E-state index < -0.39 is 0 Å². The highest BCUT2D eigenvalue weighted by Gasteiger charge is 2.36. The number of aliphatic hydroxyl groups is 1. The Morgan fingerprint density at radius 2 is 2.15 bits per heavy atom. The third kappa shape index (κ3) is 3.20. The van der Waals surface area contributed by atoms with Gasteiger partial charge in [0.25, 0.3) is 0 Å². The van der Waals surface area contributed by atoms with Gasteiger partial charge in [-0.1, -0.05) is 12.1 Å². The summed E-state index contributed by atoms with van der Waals surface area (Å²) in [4.78, 5) is 21.5. The van der Waals surface area contributed by atoms with Crippen molar-refractivity contribution in [2.75, 3.05) is 0 Å². The molecule has 1 unspecified atom stereocenters. The molecule has 1 fully saturated rings. The molecule has 3 heterocycles. The van der Waals surface area contributed by atoms with Crippen LogP contribution >= 0.6 is 0 Å². The molecule has 3 aromatic rings. The Bertz CT molecular complexity index is 916. The molecule has 1 aliphatic carbocycles. The molecule has 1 atom stereocenters. The molecule has 6 heteroatoms. The van der Waals surface area contributed by atoms with E-state index in [1.54, 1.807) is 12.4 Å². The number of amides is 1. The van der Waals surface area contributed by atoms with Gasteiger partial charge in [0.2, 0.25) is 5.91 Å². The van der Waals surface area contributed by atoms with E-state index >= 15 is 0 Å². The van der Waals surface area contributed by atoms with Gasteiger partial charge in [-0.3, -0.25) is 9.78 Å². The number of fused-ring (bicyclic) bond motifs is 1. The maximum Gasteiger partial charge on any atom is 0.226 e. The third-order valence-electron chi connectivity index (χ3n) is 5.09. The van der Waals surface area contributed by atoms with E-state index in [9.17, 15) is 9.90 Å². The Kier molecular flexibility index (Phi) is 4.42. The summed E-state index contributed by atoms with van der Waals surface area (Å²) in [6.07, 6.45) is 6.78. The van der Waals surface area contributed by atoms with Crippen LogP contribution in [0.3, 0.4) is 0 Å². The predicted octanol–water partition coefficient (Wildman–Crippen LogP) is 2.21. The first-order valence-electron chi connectivity index (χ1n) is 8.91. The first kappa shape index (κ1) is 16.7. The van der Waals surface area contributed by atoms with Crippen LogP contribution in [0.5, 0.6) is 0 Å². The number of nitrogens with zero attached hydrogens (tertiary/aromatic N) is 3. The van der Waals surface area contributed by atoms with Gasteiger partial charge in [-0.15, -0.1) is 0 Å². The van der Waals surface area contributed by atoms with Gasteiger partial charge in [0.15, 0.2) is 0 Å². The number of hydrogen-bond acceptors (Lipinski definition) is 4. The molecule has 6 nitrogen and oxygen atoms in total. The smallest absolute Gasteiger partial charge is 0.226 e. The zero-order valence-corrected chi connectivity index (χ0v) is 14.7. The lowest BCUT2D eigenvalue weighted by atomic mass is 9.76. The summed E-state index contributed by atoms with van der Waals surface area (Å²) in [6.45, 7) is 2.01. The molecule has 0 spiro atoms. The molecular weight excluding hydrogens is 328 g/mol. The van der Waals surface area contributed by atoms with E-state index in [-0.39, 0.29) is 30.4 Å². The van der Waals surface area contributed by atoms with Crippen LogP contribution in [0, 0.1) is 12.8 Å². The van der Waals surface area contributed by atoms with Crippen molar-refractivity contribution in [3.05, 3.63) is 65.9 Å². The number of aromatic nitrogens is 3. The van der Waals surface area contributed by atoms with Gasteiger partial charge < -0.3 is 14.8 Å². The van der Waals surface area contributed by atoms with Crippen molar-refractivity contribution in [2.45, 2.75) is 38.3 Å². The predicted molar refractivity (Wildman–Crippen MR) is 97.5 cm³/mol. The number of imidazole rings is 1. The van der Waals surface area contributed by atoms with Crippen molar-refractivity contribution in [1.29, 1.82) is 0 Å². The molecule has 1 amide bonds. The lowest BCUT2D eigenvalue weighted by Gasteiger charge is -2.37. The van der Waals surface area contributed by atoms with Crippen molar-refractivity contribution in [3.8, 4) is 0 Å². The molecule has 1 saturated carbocycles. The molecule has 0 bridgehead atoms. The molecule has 26 heavy (non-hydrogen) atoms. The van der Waals surface area contributed by atoms with E-state index in [0.717, 1.165) is 22.6 Å². The second-order valence-electron chi connectivity index (χ2n) is 7.00. The summed E-state index contributed by atoms with van der Waals surface area (Å²) >= 11 is 0. The number of aliphatic hydroxyl groups excluding tert-OH is 1. The van der Waals surface area contributed by atoms with Gasteiger partial charge in [-0.25, -0.2) is 4.98 Å². The van der Waals surface area contributed by atoms with Gasteiger partial charge in [-0.2, -0.15) is 0 Å². The molecule has 0 aliphatic heterocycles. The lowest BCUT2D eigenvalue weighted by molar-refractivity contribution is -0.122. The number of nitrogens with one attached hydrogen (secondary N) is 1. The van der Waals surface area contributed by atoms with Crippen molar-refractivity contribution >= 4 is 11.6 Å². The molecular formula is C20H22N4O2. The topological polar surface area (TPSA) is 79.5 Å². The first-order valence-corrected chi connectivity index (χ1v) is 8.91. The Hall–Kier alpha value is -2.73. The van der Waals surface area contributed by atoms with Crippen LogP contribution in [-0.2, 0) is 11.2 Å². The van der Waals surface area contributed by atoms with Crippen LogP contribution in [0.4, 0.5) is 0 Å². The van der Waals surface area contributed by atoms with Crippen LogP contribution in [0.15, 0.2) is 48.9 Å². The minimum Gasteiger partial charge on any atom is -0.393 e. The van der Waals surface area contributed by atoms with E-state index in [1.165, 1.54) is 0 Å². The first-order chi connectivity index (χ1) is 12.6. The normalized spacial score (nSPS) is 20.5. The van der Waals surface area contributed by atoms with E-state index in [4.69, 9.17) is 0 Å². The summed E-state index contributed by atoms with van der Waals surface area (Å²) in [7, 11) is 0. The fraction of sp³-hybridized carbons (Fsp3) is 0.350. The highest BCUT2D eigenvalue weighted by molar-refractivity contribution is 5.79. The Morgan fingerprint density at radius 3 is 2.88 bits per heavy atom. The highest BCUT2D eigenvalue weighted by atomic mass is 16.3. The number of rotatable bonds is 5. The Labute approximate surface area is 151 Å². The van der Waals surface area contributed by atoms with E-state index in [0.29, 0.717) is 12.8 Å². The van der Waals surface area contributed by atoms with Crippen LogP contribution in [0.1, 0.15) is 35.8 Å². The molecule has 2 N–H and O–H groups in total. The van der Waals surface area contributed by atoms with E-state index in [2.05, 4.69) is 15.3 Å². The van der Waals surface area contributed by atoms with Gasteiger partial charge >= 0.3 is 0 Å². The third-order valence-corrected chi connectivity index (χ3v) is 5.09. The number of carbonyl (C=O) groups is 1. The second-order valence-corrected chi connectivity index (χ2v) is 7.00. The molecule has 4 rings (SSSR count). The zero-order chi connectivity index (χ0) is 18.1. The van der Waals surface area contributed by atoms with Gasteiger partial charge in [-0.05, 0) is 49.4 Å². The van der Waals surface area contributed by atoms with Crippen molar-refractivity contribution < 1.29 is 9.90 Å². The van der Waals surface area contributed by atoms with Gasteiger partial charge in [0, 0.05) is 18.6 Å². The lowest BCUT2D eigenvalue weighted by Crippen LogP contribution is -2.42. The minimum atomic E-state index is -0.273. The maximum atomic E-state index is 12.7. The minimum absolute atomic E-state index is 0.0645. The SMILES string of the molecule is Cc1cccn2c(CC(=O)NC(c3ccccn3)C3CC(O)C3)cnc12. The monoisotopic (exact) mass is 350 g/mol. The van der Waals surface area contributed by atoms with Crippen LogP contribution in [0.25, 0.3) is 5.65 Å². The second kappa shape index (κ2) is 6.88. The summed E-state index contributed by atoms with van der Waals surface area (Å²) in [5, 5.41) is 12.8. The Morgan fingerprint density at radius 1 is 1.31 bits per heavy atom. The standard InChI is InChI=1S/C20H22N4O2/c1-13-5-4-8-24-15(12-22-20(13)24)11-18(26)23-19(14-9-16(25)10-14)17-6-2-3-7-21-17/h2-8,12,14,16,19,25H,9-11H2,1H3,(H,23,26). The summed E-state index contributed by atoms with van der Waals surface area (Å²) in [5.41, 5.74) is 3.65. The molecule has 0 saturated heterocycles. The molecule has 0 aromatic carbocycles. The molecule has 3 aromatic heterocycles. The van der Waals surface area contributed by atoms with Crippen LogP contribution in [-0.4, -0.2) is 31.5 Å². The maximum absolute atomic E-state index is 12.7. The van der Waals surface area contributed by atoms with E-state index in [1.807, 2.05) is 47.9 Å². The fourth-order valence-electron chi connectivity index (χ4n) is 3.62. The fourth-order valence-corrected chi connectivity index (χ4v) is 3.62. The largest absolute Gasteiger partial charge is 0.393 e. The number of pyridine rings is 2. The average Bonchev–Trinajstić information content (AvgIpc) is 3.02. The van der Waals surface area contributed by atoms with Gasteiger partial charge in [0.1, 0.15) is 5.65 Å². The number of aryl methyl sites for hydroxylation is 1. The molecule has 1 aliphatic rings. The molecule has 0 radical (unpaired) electrons.